The van der Waals surface area contributed by atoms with E-state index in [0.717, 1.165) is 4.31 Å². The van der Waals surface area contributed by atoms with Crippen molar-refractivity contribution in [2.75, 3.05) is 26.3 Å². The van der Waals surface area contributed by atoms with Crippen molar-refractivity contribution in [3.8, 4) is 6.07 Å². The highest BCUT2D eigenvalue weighted by Gasteiger charge is 2.39. The summed E-state index contributed by atoms with van der Waals surface area (Å²) in [6.45, 7) is 3.81. The van der Waals surface area contributed by atoms with E-state index in [1.54, 1.807) is 13.0 Å². The van der Waals surface area contributed by atoms with E-state index < -0.39 is 27.2 Å². The lowest BCUT2D eigenvalue weighted by Crippen LogP contribution is -2.57. The summed E-state index contributed by atoms with van der Waals surface area (Å²) in [5.74, 6) is -0.397. The number of rotatable bonds is 4. The number of hydrogen-bond donors (Lipinski definition) is 1. The molecule has 2 atom stereocenters. The molecule has 2 unspecified atom stereocenters. The average Bonchev–Trinajstić information content (AvgIpc) is 2.38. The number of carbonyl (C=O) groups is 1. The second-order valence-corrected chi connectivity index (χ2v) is 6.12. The first kappa shape index (κ1) is 14.9. The molecule has 0 aliphatic carbocycles. The Bertz CT molecular complexity index is 443. The Balaban J connectivity index is 2.97. The highest BCUT2D eigenvalue weighted by molar-refractivity contribution is 7.90. The zero-order valence-electron chi connectivity index (χ0n) is 10.4. The molecule has 1 N–H and O–H groups in total. The first-order valence-electron chi connectivity index (χ1n) is 5.70. The third-order valence-electron chi connectivity index (χ3n) is 2.69. The van der Waals surface area contributed by atoms with Gasteiger partial charge in [0, 0.05) is 13.1 Å². The lowest BCUT2D eigenvalue weighted by atomic mass is 10.2. The smallest absolute Gasteiger partial charge is 0.240 e. The van der Waals surface area contributed by atoms with Gasteiger partial charge in [0.15, 0.2) is 5.25 Å². The number of amides is 1. The molecular formula is C10H17N3O4S. The van der Waals surface area contributed by atoms with E-state index in [4.69, 9.17) is 10.00 Å². The quantitative estimate of drug-likeness (QED) is 0.714. The summed E-state index contributed by atoms with van der Waals surface area (Å²) in [4.78, 5) is 11.8. The van der Waals surface area contributed by atoms with Crippen molar-refractivity contribution in [2.45, 2.75) is 25.1 Å². The predicted molar refractivity (Wildman–Crippen MR) is 64.0 cm³/mol. The van der Waals surface area contributed by atoms with Crippen LogP contribution in [0.3, 0.4) is 0 Å². The van der Waals surface area contributed by atoms with Crippen LogP contribution in [-0.4, -0.2) is 56.2 Å². The Morgan fingerprint density at radius 1 is 1.67 bits per heavy atom. The summed E-state index contributed by atoms with van der Waals surface area (Å²) in [5.41, 5.74) is 0. The molecular weight excluding hydrogens is 258 g/mol. The van der Waals surface area contributed by atoms with Gasteiger partial charge in [0.05, 0.1) is 19.3 Å². The van der Waals surface area contributed by atoms with E-state index in [2.05, 4.69) is 5.32 Å². The molecule has 1 fully saturated rings. The molecule has 1 amide bonds. The lowest BCUT2D eigenvalue weighted by Gasteiger charge is -2.34. The largest absolute Gasteiger partial charge is 0.378 e. The van der Waals surface area contributed by atoms with Crippen LogP contribution < -0.4 is 5.32 Å². The maximum absolute atomic E-state index is 12.1. The van der Waals surface area contributed by atoms with Crippen LogP contribution in [0.1, 0.15) is 13.8 Å². The fourth-order valence-corrected chi connectivity index (χ4v) is 3.04. The minimum absolute atomic E-state index is 0.0171. The highest BCUT2D eigenvalue weighted by Crippen LogP contribution is 2.16. The zero-order valence-corrected chi connectivity index (χ0v) is 11.2. The average molecular weight is 275 g/mol. The minimum Gasteiger partial charge on any atom is -0.378 e. The molecule has 1 aliphatic rings. The Labute approximate surface area is 107 Å². The van der Waals surface area contributed by atoms with E-state index >= 15 is 0 Å². The normalized spacial score (nSPS) is 23.1. The van der Waals surface area contributed by atoms with Gasteiger partial charge >= 0.3 is 0 Å². The fraction of sp³-hybridized carbons (Fsp3) is 0.800. The molecule has 0 saturated carbocycles. The number of nitriles is 1. The Hall–Kier alpha value is -1.17. The van der Waals surface area contributed by atoms with Crippen molar-refractivity contribution in [3.05, 3.63) is 0 Å². The molecule has 102 valence electrons. The number of sulfonamides is 1. The maximum Gasteiger partial charge on any atom is 0.240 e. The van der Waals surface area contributed by atoms with Gasteiger partial charge in [-0.25, -0.2) is 8.42 Å². The van der Waals surface area contributed by atoms with Crippen molar-refractivity contribution in [2.24, 2.45) is 0 Å². The van der Waals surface area contributed by atoms with Crippen LogP contribution in [0.4, 0.5) is 0 Å². The zero-order chi connectivity index (χ0) is 13.8. The number of nitrogens with zero attached hydrogens (tertiary/aromatic N) is 2. The number of likely N-dealkylation sites (N-methyl/N-ethyl adjacent to an activating group) is 1. The first-order valence-corrected chi connectivity index (χ1v) is 7.21. The molecule has 0 spiro atoms. The third kappa shape index (κ3) is 2.98. The van der Waals surface area contributed by atoms with E-state index in [1.807, 2.05) is 0 Å². The summed E-state index contributed by atoms with van der Waals surface area (Å²) in [6.07, 6.45) is 0. The molecule has 1 rings (SSSR count). The molecule has 0 aromatic heterocycles. The van der Waals surface area contributed by atoms with Gasteiger partial charge < -0.3 is 10.1 Å². The van der Waals surface area contributed by atoms with Crippen LogP contribution in [-0.2, 0) is 19.6 Å². The van der Waals surface area contributed by atoms with E-state index in [9.17, 15) is 13.2 Å². The van der Waals surface area contributed by atoms with E-state index in [-0.39, 0.29) is 19.8 Å². The van der Waals surface area contributed by atoms with Crippen LogP contribution in [0.25, 0.3) is 0 Å². The first-order chi connectivity index (χ1) is 8.45. The molecule has 0 aromatic rings. The van der Waals surface area contributed by atoms with Gasteiger partial charge in [0.1, 0.15) is 6.04 Å². The van der Waals surface area contributed by atoms with Crippen LogP contribution >= 0.6 is 0 Å². The minimum atomic E-state index is -3.79. The number of hydrogen-bond acceptors (Lipinski definition) is 5. The van der Waals surface area contributed by atoms with Crippen LogP contribution in [0.15, 0.2) is 0 Å². The SMILES string of the molecule is CCNC(=O)C1COCCN1S(=O)(=O)C(C)C#N. The molecule has 1 aliphatic heterocycles. The van der Waals surface area contributed by atoms with Crippen LogP contribution in [0.5, 0.6) is 0 Å². The van der Waals surface area contributed by atoms with Gasteiger partial charge in [-0.15, -0.1) is 0 Å². The van der Waals surface area contributed by atoms with Gasteiger partial charge in [-0.2, -0.15) is 9.57 Å². The summed E-state index contributed by atoms with van der Waals surface area (Å²) in [5, 5.41) is 10.1. The second-order valence-electron chi connectivity index (χ2n) is 3.91. The molecule has 18 heavy (non-hydrogen) atoms. The molecule has 0 bridgehead atoms. The topological polar surface area (TPSA) is 99.5 Å². The summed E-state index contributed by atoms with van der Waals surface area (Å²) < 4.78 is 30.4. The molecule has 0 aromatic carbocycles. The highest BCUT2D eigenvalue weighted by atomic mass is 32.2. The summed E-state index contributed by atoms with van der Waals surface area (Å²) in [6, 6.07) is 0.802. The summed E-state index contributed by atoms with van der Waals surface area (Å²) >= 11 is 0. The van der Waals surface area contributed by atoms with Gasteiger partial charge in [0.2, 0.25) is 15.9 Å². The van der Waals surface area contributed by atoms with Crippen molar-refractivity contribution in [1.82, 2.24) is 9.62 Å². The monoisotopic (exact) mass is 275 g/mol. The fourth-order valence-electron chi connectivity index (χ4n) is 1.66. The van der Waals surface area contributed by atoms with Crippen molar-refractivity contribution in [1.29, 1.82) is 5.26 Å². The van der Waals surface area contributed by atoms with Crippen LogP contribution in [0, 0.1) is 11.3 Å². The van der Waals surface area contributed by atoms with Gasteiger partial charge in [0.25, 0.3) is 0 Å². The number of carbonyl (C=O) groups excluding carboxylic acids is 1. The van der Waals surface area contributed by atoms with Crippen molar-refractivity contribution in [3.63, 3.8) is 0 Å². The lowest BCUT2D eigenvalue weighted by molar-refractivity contribution is -0.129. The second kappa shape index (κ2) is 6.13. The Kier molecular flexibility index (Phi) is 5.07. The predicted octanol–water partition coefficient (Wildman–Crippen LogP) is -0.935. The molecule has 0 radical (unpaired) electrons. The maximum atomic E-state index is 12.1. The number of morpholine rings is 1. The van der Waals surface area contributed by atoms with Gasteiger partial charge in [-0.1, -0.05) is 0 Å². The molecule has 1 saturated heterocycles. The Morgan fingerprint density at radius 3 is 2.89 bits per heavy atom. The summed E-state index contributed by atoms with van der Waals surface area (Å²) in [7, 11) is -3.79. The molecule has 1 heterocycles. The van der Waals surface area contributed by atoms with Crippen molar-refractivity contribution < 1.29 is 17.9 Å². The number of nitrogens with one attached hydrogen (secondary N) is 1. The van der Waals surface area contributed by atoms with Gasteiger partial charge in [-0.3, -0.25) is 4.79 Å². The molecule has 8 heteroatoms. The van der Waals surface area contributed by atoms with E-state index in [1.165, 1.54) is 6.92 Å². The Morgan fingerprint density at radius 2 is 2.33 bits per heavy atom. The van der Waals surface area contributed by atoms with Crippen molar-refractivity contribution >= 4 is 15.9 Å². The van der Waals surface area contributed by atoms with Crippen LogP contribution in [0.2, 0.25) is 0 Å². The van der Waals surface area contributed by atoms with Gasteiger partial charge in [-0.05, 0) is 13.8 Å². The molecule has 7 nitrogen and oxygen atoms in total. The third-order valence-corrected chi connectivity index (χ3v) is 4.78. The standard InChI is InChI=1S/C10H17N3O4S/c1-3-12-10(14)9-7-17-5-4-13(9)18(15,16)8(2)6-11/h8-9H,3-5,7H2,1-2H3,(H,12,14). The number of ether oxygens (including phenoxy) is 1. The van der Waals surface area contributed by atoms with E-state index in [0.29, 0.717) is 6.54 Å².